The summed E-state index contributed by atoms with van der Waals surface area (Å²) in [6, 6.07) is 1.89. The van der Waals surface area contributed by atoms with Crippen molar-refractivity contribution in [2.75, 3.05) is 30.4 Å². The van der Waals surface area contributed by atoms with E-state index in [1.165, 1.54) is 0 Å². The SMILES string of the molecule is CCCNc1cc(NC2(CO)CC2)nc(COCC)n1. The maximum Gasteiger partial charge on any atom is 0.158 e. The molecular formula is C14H24N4O2. The molecule has 2 rings (SSSR count). The topological polar surface area (TPSA) is 79.3 Å². The molecule has 1 aliphatic carbocycles. The number of rotatable bonds is 9. The summed E-state index contributed by atoms with van der Waals surface area (Å²) in [7, 11) is 0. The third kappa shape index (κ3) is 4.05. The minimum Gasteiger partial charge on any atom is -0.394 e. The van der Waals surface area contributed by atoms with Crippen LogP contribution in [0.2, 0.25) is 0 Å². The fourth-order valence-corrected chi connectivity index (χ4v) is 1.91. The number of nitrogens with one attached hydrogen (secondary N) is 2. The van der Waals surface area contributed by atoms with E-state index in [2.05, 4.69) is 27.5 Å². The Kier molecular flexibility index (Phi) is 5.14. The van der Waals surface area contributed by atoms with Gasteiger partial charge in [-0.15, -0.1) is 0 Å². The molecule has 0 saturated heterocycles. The number of ether oxygens (including phenoxy) is 1. The molecule has 0 aromatic carbocycles. The van der Waals surface area contributed by atoms with Gasteiger partial charge in [0.2, 0.25) is 0 Å². The van der Waals surface area contributed by atoms with Gasteiger partial charge in [0.15, 0.2) is 5.82 Å². The molecule has 0 unspecified atom stereocenters. The van der Waals surface area contributed by atoms with Crippen molar-refractivity contribution in [1.82, 2.24) is 9.97 Å². The average molecular weight is 280 g/mol. The third-order valence-corrected chi connectivity index (χ3v) is 3.31. The van der Waals surface area contributed by atoms with E-state index in [1.54, 1.807) is 0 Å². The van der Waals surface area contributed by atoms with Crippen LogP contribution in [0.1, 0.15) is 38.9 Å². The molecule has 0 amide bonds. The molecule has 1 aromatic heterocycles. The van der Waals surface area contributed by atoms with Crippen LogP contribution in [0, 0.1) is 0 Å². The summed E-state index contributed by atoms with van der Waals surface area (Å²) in [5, 5.41) is 16.0. The Balaban J connectivity index is 2.11. The molecule has 1 saturated carbocycles. The lowest BCUT2D eigenvalue weighted by Crippen LogP contribution is -2.26. The lowest BCUT2D eigenvalue weighted by molar-refractivity contribution is 0.128. The van der Waals surface area contributed by atoms with Crippen LogP contribution in [0.5, 0.6) is 0 Å². The normalized spacial score (nSPS) is 15.9. The second-order valence-electron chi connectivity index (χ2n) is 5.18. The molecule has 0 radical (unpaired) electrons. The average Bonchev–Trinajstić information content (AvgIpc) is 3.23. The summed E-state index contributed by atoms with van der Waals surface area (Å²) >= 11 is 0. The fraction of sp³-hybridized carbons (Fsp3) is 0.714. The summed E-state index contributed by atoms with van der Waals surface area (Å²) < 4.78 is 5.38. The second kappa shape index (κ2) is 6.85. The summed E-state index contributed by atoms with van der Waals surface area (Å²) in [6.07, 6.45) is 2.99. The van der Waals surface area contributed by atoms with Crippen LogP contribution in [-0.4, -0.2) is 40.4 Å². The van der Waals surface area contributed by atoms with E-state index in [0.717, 1.165) is 37.4 Å². The van der Waals surface area contributed by atoms with Gasteiger partial charge >= 0.3 is 0 Å². The fourth-order valence-electron chi connectivity index (χ4n) is 1.91. The number of aromatic nitrogens is 2. The first-order chi connectivity index (χ1) is 9.71. The van der Waals surface area contributed by atoms with Gasteiger partial charge in [0.1, 0.15) is 18.2 Å². The highest BCUT2D eigenvalue weighted by Crippen LogP contribution is 2.38. The molecule has 6 nitrogen and oxygen atoms in total. The van der Waals surface area contributed by atoms with Gasteiger partial charge in [-0.1, -0.05) is 6.92 Å². The molecule has 0 spiro atoms. The summed E-state index contributed by atoms with van der Waals surface area (Å²) in [5.74, 6) is 2.21. The quantitative estimate of drug-likeness (QED) is 0.640. The Hall–Kier alpha value is -1.40. The molecule has 0 aliphatic heterocycles. The van der Waals surface area contributed by atoms with Crippen molar-refractivity contribution in [1.29, 1.82) is 0 Å². The summed E-state index contributed by atoms with van der Waals surface area (Å²) in [6.45, 7) is 6.10. The highest BCUT2D eigenvalue weighted by molar-refractivity contribution is 5.50. The first-order valence-corrected chi connectivity index (χ1v) is 7.30. The van der Waals surface area contributed by atoms with E-state index < -0.39 is 0 Å². The number of nitrogens with zero attached hydrogens (tertiary/aromatic N) is 2. The number of aliphatic hydroxyl groups excluding tert-OH is 1. The minimum absolute atomic E-state index is 0.134. The monoisotopic (exact) mass is 280 g/mol. The van der Waals surface area contributed by atoms with Crippen LogP contribution >= 0.6 is 0 Å². The first-order valence-electron chi connectivity index (χ1n) is 7.30. The Labute approximate surface area is 120 Å². The van der Waals surface area contributed by atoms with Gasteiger partial charge in [0.25, 0.3) is 0 Å². The standard InChI is InChI=1S/C14H24N4O2/c1-3-7-15-11-8-12(18-14(10-19)5-6-14)17-13(16-11)9-20-4-2/h8,19H,3-7,9-10H2,1-2H3,(H2,15,16,17,18). The lowest BCUT2D eigenvalue weighted by atomic mass is 10.3. The van der Waals surface area contributed by atoms with Crippen molar-refractivity contribution in [3.63, 3.8) is 0 Å². The van der Waals surface area contributed by atoms with Crippen molar-refractivity contribution in [2.24, 2.45) is 0 Å². The predicted octanol–water partition coefficient (Wildman–Crippen LogP) is 1.77. The molecule has 6 heteroatoms. The van der Waals surface area contributed by atoms with Crippen LogP contribution < -0.4 is 10.6 Å². The van der Waals surface area contributed by atoms with Crippen LogP contribution in [0.25, 0.3) is 0 Å². The van der Waals surface area contributed by atoms with Crippen molar-refractivity contribution < 1.29 is 9.84 Å². The number of anilines is 2. The molecule has 1 fully saturated rings. The predicted molar refractivity (Wildman–Crippen MR) is 78.8 cm³/mol. The van der Waals surface area contributed by atoms with Crippen LogP contribution in [-0.2, 0) is 11.3 Å². The zero-order chi connectivity index (χ0) is 14.4. The maximum absolute atomic E-state index is 9.39. The molecule has 1 aromatic rings. The van der Waals surface area contributed by atoms with E-state index in [4.69, 9.17) is 4.74 Å². The van der Waals surface area contributed by atoms with E-state index in [9.17, 15) is 5.11 Å². The van der Waals surface area contributed by atoms with Crippen LogP contribution in [0.3, 0.4) is 0 Å². The smallest absolute Gasteiger partial charge is 0.158 e. The van der Waals surface area contributed by atoms with Gasteiger partial charge in [-0.2, -0.15) is 0 Å². The van der Waals surface area contributed by atoms with Crippen LogP contribution in [0.4, 0.5) is 11.6 Å². The molecule has 1 aliphatic rings. The maximum atomic E-state index is 9.39. The van der Waals surface area contributed by atoms with Crippen molar-refractivity contribution >= 4 is 11.6 Å². The van der Waals surface area contributed by atoms with Gasteiger partial charge in [-0.3, -0.25) is 0 Å². The zero-order valence-corrected chi connectivity index (χ0v) is 12.3. The van der Waals surface area contributed by atoms with Crippen molar-refractivity contribution in [3.05, 3.63) is 11.9 Å². The third-order valence-electron chi connectivity index (χ3n) is 3.31. The van der Waals surface area contributed by atoms with Gasteiger partial charge in [-0.25, -0.2) is 9.97 Å². The van der Waals surface area contributed by atoms with Crippen LogP contribution in [0.15, 0.2) is 6.07 Å². The lowest BCUT2D eigenvalue weighted by Gasteiger charge is -2.16. The van der Waals surface area contributed by atoms with Crippen molar-refractivity contribution in [3.8, 4) is 0 Å². The first kappa shape index (κ1) is 15.0. The molecule has 20 heavy (non-hydrogen) atoms. The highest BCUT2D eigenvalue weighted by Gasteiger charge is 2.42. The molecule has 3 N–H and O–H groups in total. The minimum atomic E-state index is -0.181. The Morgan fingerprint density at radius 3 is 2.65 bits per heavy atom. The molecule has 112 valence electrons. The highest BCUT2D eigenvalue weighted by atomic mass is 16.5. The van der Waals surface area contributed by atoms with Crippen molar-refractivity contribution in [2.45, 2.75) is 45.3 Å². The largest absolute Gasteiger partial charge is 0.394 e. The van der Waals surface area contributed by atoms with Gasteiger partial charge in [-0.05, 0) is 26.2 Å². The van der Waals surface area contributed by atoms with E-state index >= 15 is 0 Å². The summed E-state index contributed by atoms with van der Waals surface area (Å²) in [5.41, 5.74) is -0.181. The van der Waals surface area contributed by atoms with Gasteiger partial charge < -0.3 is 20.5 Å². The molecule has 1 heterocycles. The number of hydrogen-bond acceptors (Lipinski definition) is 6. The van der Waals surface area contributed by atoms with Gasteiger partial charge in [0.05, 0.1) is 12.1 Å². The molecule has 0 bridgehead atoms. The number of aliphatic hydroxyl groups is 1. The Morgan fingerprint density at radius 2 is 2.05 bits per heavy atom. The molecular weight excluding hydrogens is 256 g/mol. The Bertz CT molecular complexity index is 409. The summed E-state index contributed by atoms with van der Waals surface area (Å²) in [4.78, 5) is 8.89. The molecule has 0 atom stereocenters. The number of hydrogen-bond donors (Lipinski definition) is 3. The van der Waals surface area contributed by atoms with Gasteiger partial charge in [0, 0.05) is 19.2 Å². The van der Waals surface area contributed by atoms with E-state index in [-0.39, 0.29) is 12.1 Å². The van der Waals surface area contributed by atoms with E-state index in [0.29, 0.717) is 19.0 Å². The second-order valence-corrected chi connectivity index (χ2v) is 5.18. The zero-order valence-electron chi connectivity index (χ0n) is 12.3. The van der Waals surface area contributed by atoms with E-state index in [1.807, 2.05) is 13.0 Å². The Morgan fingerprint density at radius 1 is 1.30 bits per heavy atom.